The van der Waals surface area contributed by atoms with E-state index in [1.807, 2.05) is 6.07 Å². The summed E-state index contributed by atoms with van der Waals surface area (Å²) in [4.78, 5) is 16.4. The minimum absolute atomic E-state index is 0.0217. The summed E-state index contributed by atoms with van der Waals surface area (Å²) in [5, 5.41) is 3.89. The number of rotatable bonds is 3. The van der Waals surface area contributed by atoms with Crippen LogP contribution in [0, 0.1) is 0 Å². The second-order valence-electron chi connectivity index (χ2n) is 4.10. The van der Waals surface area contributed by atoms with Gasteiger partial charge in [-0.05, 0) is 6.07 Å². The number of hydrogen-bond acceptors (Lipinski definition) is 3. The lowest BCUT2D eigenvalue weighted by Crippen LogP contribution is -2.42. The molecule has 2 rings (SSSR count). The van der Waals surface area contributed by atoms with Gasteiger partial charge >= 0.3 is 0 Å². The number of hydrogen-bond donors (Lipinski definition) is 2. The zero-order chi connectivity index (χ0) is 11.5. The summed E-state index contributed by atoms with van der Waals surface area (Å²) in [6.07, 6.45) is 0. The molecule has 0 aromatic carbocycles. The molecule has 5 heteroatoms. The molecule has 0 radical (unpaired) electrons. The van der Waals surface area contributed by atoms with E-state index in [1.165, 1.54) is 6.92 Å². The Balaban J connectivity index is 2.05. The quantitative estimate of drug-likeness (QED) is 0.784. The molecule has 0 amide bonds. The van der Waals surface area contributed by atoms with Crippen molar-refractivity contribution in [3.8, 4) is 0 Å². The molecule has 2 heterocycles. The maximum absolute atomic E-state index is 11.2. The third-order valence-corrected chi connectivity index (χ3v) is 3.17. The lowest BCUT2D eigenvalue weighted by molar-refractivity contribution is 0.101. The molecule has 2 N–H and O–H groups in total. The Morgan fingerprint density at radius 2 is 2.19 bits per heavy atom. The van der Waals surface area contributed by atoms with E-state index in [1.54, 1.807) is 0 Å². The SMILES string of the molecule is CC(=O)c1cc(CN2CCNCC2)c(Cl)[nH]1. The Morgan fingerprint density at radius 3 is 2.75 bits per heavy atom. The molecule has 1 aromatic heterocycles. The van der Waals surface area contributed by atoms with E-state index in [4.69, 9.17) is 11.6 Å². The van der Waals surface area contributed by atoms with Crippen molar-refractivity contribution in [1.82, 2.24) is 15.2 Å². The fraction of sp³-hybridized carbons (Fsp3) is 0.545. The van der Waals surface area contributed by atoms with Crippen LogP contribution in [0.4, 0.5) is 0 Å². The van der Waals surface area contributed by atoms with Crippen LogP contribution in [0.1, 0.15) is 23.0 Å². The second-order valence-corrected chi connectivity index (χ2v) is 4.48. The number of H-pyrrole nitrogens is 1. The predicted octanol–water partition coefficient (Wildman–Crippen LogP) is 1.28. The minimum atomic E-state index is 0.0217. The fourth-order valence-electron chi connectivity index (χ4n) is 1.89. The first-order chi connectivity index (χ1) is 7.66. The summed E-state index contributed by atoms with van der Waals surface area (Å²) in [7, 11) is 0. The molecule has 1 fully saturated rings. The standard InChI is InChI=1S/C11H16ClN3O/c1-8(16)10-6-9(11(12)14-10)7-15-4-2-13-3-5-15/h6,13-14H,2-5,7H2,1H3. The molecule has 0 bridgehead atoms. The van der Waals surface area contributed by atoms with E-state index in [0.29, 0.717) is 10.8 Å². The fourth-order valence-corrected chi connectivity index (χ4v) is 2.10. The van der Waals surface area contributed by atoms with Gasteiger partial charge in [-0.2, -0.15) is 0 Å². The molecule has 1 aliphatic heterocycles. The molecule has 1 aromatic rings. The van der Waals surface area contributed by atoms with Gasteiger partial charge in [-0.3, -0.25) is 9.69 Å². The maximum atomic E-state index is 11.2. The van der Waals surface area contributed by atoms with Gasteiger partial charge in [0.05, 0.1) is 5.69 Å². The Kier molecular flexibility index (Phi) is 3.63. The molecule has 16 heavy (non-hydrogen) atoms. The normalized spacial score (nSPS) is 17.6. The molecule has 88 valence electrons. The number of nitrogens with one attached hydrogen (secondary N) is 2. The zero-order valence-electron chi connectivity index (χ0n) is 9.35. The number of aromatic nitrogens is 1. The topological polar surface area (TPSA) is 48.1 Å². The van der Waals surface area contributed by atoms with E-state index in [-0.39, 0.29) is 5.78 Å². The molecule has 1 aliphatic rings. The zero-order valence-corrected chi connectivity index (χ0v) is 10.1. The van der Waals surface area contributed by atoms with Gasteiger partial charge in [0.15, 0.2) is 5.78 Å². The van der Waals surface area contributed by atoms with Gasteiger partial charge in [-0.15, -0.1) is 0 Å². The van der Waals surface area contributed by atoms with Crippen molar-refractivity contribution in [3.05, 3.63) is 22.5 Å². The number of piperazine rings is 1. The molecular formula is C11H16ClN3O. The van der Waals surface area contributed by atoms with Gasteiger partial charge in [-0.1, -0.05) is 11.6 Å². The number of Topliss-reactive ketones (excluding diaryl/α,β-unsaturated/α-hetero) is 1. The lowest BCUT2D eigenvalue weighted by atomic mass is 10.2. The highest BCUT2D eigenvalue weighted by Gasteiger charge is 2.14. The molecule has 0 aliphatic carbocycles. The van der Waals surface area contributed by atoms with Crippen LogP contribution in [0.3, 0.4) is 0 Å². The maximum Gasteiger partial charge on any atom is 0.175 e. The third kappa shape index (κ3) is 2.64. The van der Waals surface area contributed by atoms with Gasteiger partial charge in [0, 0.05) is 45.2 Å². The third-order valence-electron chi connectivity index (χ3n) is 2.83. The van der Waals surface area contributed by atoms with E-state index in [2.05, 4.69) is 15.2 Å². The molecular weight excluding hydrogens is 226 g/mol. The van der Waals surface area contributed by atoms with Crippen LogP contribution in [-0.4, -0.2) is 41.8 Å². The number of carbonyl (C=O) groups is 1. The Labute approximate surface area is 100.0 Å². The number of nitrogens with zero attached hydrogens (tertiary/aromatic N) is 1. The van der Waals surface area contributed by atoms with Crippen molar-refractivity contribution < 1.29 is 4.79 Å². The first-order valence-electron chi connectivity index (χ1n) is 5.48. The summed E-state index contributed by atoms with van der Waals surface area (Å²) in [5.41, 5.74) is 1.60. The number of aromatic amines is 1. The number of halogens is 1. The van der Waals surface area contributed by atoms with Crippen molar-refractivity contribution in [3.63, 3.8) is 0 Å². The largest absolute Gasteiger partial charge is 0.343 e. The van der Waals surface area contributed by atoms with Crippen molar-refractivity contribution in [2.24, 2.45) is 0 Å². The minimum Gasteiger partial charge on any atom is -0.343 e. The average Bonchev–Trinajstić information content (AvgIpc) is 2.62. The molecule has 0 saturated carbocycles. The summed E-state index contributed by atoms with van der Waals surface area (Å²) in [6.45, 7) is 6.43. The van der Waals surface area contributed by atoms with Crippen molar-refractivity contribution in [2.45, 2.75) is 13.5 Å². The van der Waals surface area contributed by atoms with Gasteiger partial charge in [0.2, 0.25) is 0 Å². The van der Waals surface area contributed by atoms with Gasteiger partial charge in [0.1, 0.15) is 5.15 Å². The molecule has 1 saturated heterocycles. The summed E-state index contributed by atoms with van der Waals surface area (Å²) in [6, 6.07) is 1.85. The molecule has 0 unspecified atom stereocenters. The Hall–Kier alpha value is -0.840. The van der Waals surface area contributed by atoms with Crippen LogP contribution in [0.15, 0.2) is 6.07 Å². The van der Waals surface area contributed by atoms with Gasteiger partial charge in [-0.25, -0.2) is 0 Å². The second kappa shape index (κ2) is 4.99. The van der Waals surface area contributed by atoms with Crippen molar-refractivity contribution in [1.29, 1.82) is 0 Å². The molecule has 0 spiro atoms. The summed E-state index contributed by atoms with van der Waals surface area (Å²) in [5.74, 6) is 0.0217. The van der Waals surface area contributed by atoms with Crippen LogP contribution in [0.25, 0.3) is 0 Å². The highest BCUT2D eigenvalue weighted by Crippen LogP contribution is 2.19. The lowest BCUT2D eigenvalue weighted by Gasteiger charge is -2.26. The van der Waals surface area contributed by atoms with Crippen LogP contribution >= 0.6 is 11.6 Å². The predicted molar refractivity (Wildman–Crippen MR) is 64.0 cm³/mol. The van der Waals surface area contributed by atoms with E-state index < -0.39 is 0 Å². The van der Waals surface area contributed by atoms with Crippen LogP contribution in [-0.2, 0) is 6.54 Å². The van der Waals surface area contributed by atoms with Gasteiger partial charge < -0.3 is 10.3 Å². The number of carbonyl (C=O) groups excluding carboxylic acids is 1. The average molecular weight is 242 g/mol. The molecule has 0 atom stereocenters. The first kappa shape index (κ1) is 11.6. The Bertz CT molecular complexity index is 383. The monoisotopic (exact) mass is 241 g/mol. The Morgan fingerprint density at radius 1 is 1.50 bits per heavy atom. The van der Waals surface area contributed by atoms with Crippen molar-refractivity contribution >= 4 is 17.4 Å². The number of ketones is 1. The van der Waals surface area contributed by atoms with E-state index in [0.717, 1.165) is 38.3 Å². The van der Waals surface area contributed by atoms with Crippen LogP contribution in [0.5, 0.6) is 0 Å². The first-order valence-corrected chi connectivity index (χ1v) is 5.86. The van der Waals surface area contributed by atoms with E-state index >= 15 is 0 Å². The van der Waals surface area contributed by atoms with E-state index in [9.17, 15) is 4.79 Å². The summed E-state index contributed by atoms with van der Waals surface area (Å²) >= 11 is 6.06. The molecule has 4 nitrogen and oxygen atoms in total. The van der Waals surface area contributed by atoms with Crippen LogP contribution < -0.4 is 5.32 Å². The smallest absolute Gasteiger partial charge is 0.175 e. The highest BCUT2D eigenvalue weighted by atomic mass is 35.5. The van der Waals surface area contributed by atoms with Gasteiger partial charge in [0.25, 0.3) is 0 Å². The van der Waals surface area contributed by atoms with Crippen LogP contribution in [0.2, 0.25) is 5.15 Å². The highest BCUT2D eigenvalue weighted by molar-refractivity contribution is 6.30. The summed E-state index contributed by atoms with van der Waals surface area (Å²) < 4.78 is 0. The van der Waals surface area contributed by atoms with Crippen molar-refractivity contribution in [2.75, 3.05) is 26.2 Å².